The number of amides is 1. The third-order valence-electron chi connectivity index (χ3n) is 4.32. The summed E-state index contributed by atoms with van der Waals surface area (Å²) in [5, 5.41) is 4.21. The lowest BCUT2D eigenvalue weighted by Gasteiger charge is -2.28. The summed E-state index contributed by atoms with van der Waals surface area (Å²) in [6.07, 6.45) is 0. The Labute approximate surface area is 153 Å². The Bertz CT molecular complexity index is 781. The predicted molar refractivity (Wildman–Crippen MR) is 102 cm³/mol. The van der Waals surface area contributed by atoms with Crippen molar-refractivity contribution in [1.82, 2.24) is 5.43 Å². The zero-order chi connectivity index (χ0) is 18.4. The van der Waals surface area contributed by atoms with E-state index in [2.05, 4.69) is 27.6 Å². The molecule has 1 aliphatic heterocycles. The summed E-state index contributed by atoms with van der Waals surface area (Å²) >= 11 is 0. The number of rotatable bonds is 5. The molecule has 0 atom stereocenters. The van der Waals surface area contributed by atoms with Gasteiger partial charge < -0.3 is 14.4 Å². The molecule has 6 heteroatoms. The fraction of sp³-hybridized carbons (Fsp3) is 0.300. The van der Waals surface area contributed by atoms with E-state index in [9.17, 15) is 4.79 Å². The van der Waals surface area contributed by atoms with Crippen molar-refractivity contribution in [2.24, 2.45) is 5.10 Å². The van der Waals surface area contributed by atoms with E-state index in [0.29, 0.717) is 11.3 Å². The first-order valence-electron chi connectivity index (χ1n) is 8.59. The first-order valence-corrected chi connectivity index (χ1v) is 8.59. The van der Waals surface area contributed by atoms with Crippen LogP contribution in [0.15, 0.2) is 53.6 Å². The van der Waals surface area contributed by atoms with Crippen LogP contribution in [0.2, 0.25) is 0 Å². The van der Waals surface area contributed by atoms with Gasteiger partial charge in [-0.1, -0.05) is 18.2 Å². The number of hydrazone groups is 1. The number of hydrogen-bond acceptors (Lipinski definition) is 5. The summed E-state index contributed by atoms with van der Waals surface area (Å²) in [6, 6.07) is 15.1. The van der Waals surface area contributed by atoms with Crippen LogP contribution in [-0.2, 0) is 4.74 Å². The van der Waals surface area contributed by atoms with Gasteiger partial charge in [0.15, 0.2) is 0 Å². The number of benzene rings is 2. The molecule has 0 unspecified atom stereocenters. The number of ether oxygens (including phenoxy) is 2. The minimum atomic E-state index is -0.270. The van der Waals surface area contributed by atoms with Crippen LogP contribution in [-0.4, -0.2) is 45.0 Å². The predicted octanol–water partition coefficient (Wildman–Crippen LogP) is 2.69. The Morgan fingerprint density at radius 1 is 1.12 bits per heavy atom. The van der Waals surface area contributed by atoms with Crippen LogP contribution >= 0.6 is 0 Å². The Kier molecular flexibility index (Phi) is 5.86. The Hall–Kier alpha value is -2.86. The maximum Gasteiger partial charge on any atom is 0.271 e. The second-order valence-corrected chi connectivity index (χ2v) is 6.02. The van der Waals surface area contributed by atoms with Crippen molar-refractivity contribution in [3.05, 3.63) is 59.7 Å². The highest BCUT2D eigenvalue weighted by molar-refractivity contribution is 6.01. The molecule has 1 heterocycles. The van der Waals surface area contributed by atoms with Crippen molar-refractivity contribution >= 4 is 17.3 Å². The molecule has 0 aromatic heterocycles. The van der Waals surface area contributed by atoms with E-state index in [1.165, 1.54) is 5.69 Å². The first-order chi connectivity index (χ1) is 12.7. The van der Waals surface area contributed by atoms with Gasteiger partial charge in [0, 0.05) is 24.3 Å². The van der Waals surface area contributed by atoms with Gasteiger partial charge in [0.25, 0.3) is 5.91 Å². The fourth-order valence-electron chi connectivity index (χ4n) is 2.76. The second kappa shape index (κ2) is 8.49. The lowest BCUT2D eigenvalue weighted by Crippen LogP contribution is -2.36. The van der Waals surface area contributed by atoms with Crippen LogP contribution in [0.3, 0.4) is 0 Å². The van der Waals surface area contributed by atoms with Gasteiger partial charge in [-0.05, 0) is 42.8 Å². The van der Waals surface area contributed by atoms with E-state index in [0.717, 1.165) is 37.6 Å². The van der Waals surface area contributed by atoms with Crippen molar-refractivity contribution in [3.8, 4) is 5.75 Å². The van der Waals surface area contributed by atoms with E-state index < -0.39 is 0 Å². The molecule has 26 heavy (non-hydrogen) atoms. The summed E-state index contributed by atoms with van der Waals surface area (Å²) in [7, 11) is 1.57. The van der Waals surface area contributed by atoms with Crippen molar-refractivity contribution < 1.29 is 14.3 Å². The highest BCUT2D eigenvalue weighted by Crippen LogP contribution is 2.17. The molecule has 1 aliphatic rings. The van der Waals surface area contributed by atoms with Crippen LogP contribution in [0.4, 0.5) is 5.69 Å². The zero-order valence-electron chi connectivity index (χ0n) is 15.1. The number of nitrogens with zero attached hydrogens (tertiary/aromatic N) is 2. The van der Waals surface area contributed by atoms with Crippen molar-refractivity contribution in [2.45, 2.75) is 6.92 Å². The SMILES string of the molecule is COc1cccc(C(=O)NN=C(C)c2ccc(N3CCOCC3)cc2)c1. The summed E-state index contributed by atoms with van der Waals surface area (Å²) < 4.78 is 10.5. The normalized spacial score (nSPS) is 14.8. The zero-order valence-corrected chi connectivity index (χ0v) is 15.1. The molecule has 6 nitrogen and oxygen atoms in total. The fourth-order valence-corrected chi connectivity index (χ4v) is 2.76. The summed E-state index contributed by atoms with van der Waals surface area (Å²) in [5.74, 6) is 0.366. The van der Waals surface area contributed by atoms with Gasteiger partial charge in [-0.15, -0.1) is 0 Å². The van der Waals surface area contributed by atoms with Gasteiger partial charge in [-0.3, -0.25) is 4.79 Å². The third-order valence-corrected chi connectivity index (χ3v) is 4.32. The van der Waals surface area contributed by atoms with E-state index >= 15 is 0 Å². The van der Waals surface area contributed by atoms with E-state index in [1.54, 1.807) is 31.4 Å². The van der Waals surface area contributed by atoms with Gasteiger partial charge >= 0.3 is 0 Å². The van der Waals surface area contributed by atoms with Crippen LogP contribution in [0.25, 0.3) is 0 Å². The maximum absolute atomic E-state index is 12.2. The summed E-state index contributed by atoms with van der Waals surface area (Å²) in [6.45, 7) is 5.21. The van der Waals surface area contributed by atoms with Crippen molar-refractivity contribution in [2.75, 3.05) is 38.3 Å². The molecule has 0 bridgehead atoms. The van der Waals surface area contributed by atoms with Crippen molar-refractivity contribution in [1.29, 1.82) is 0 Å². The number of hydrogen-bond donors (Lipinski definition) is 1. The molecule has 136 valence electrons. The maximum atomic E-state index is 12.2. The third kappa shape index (κ3) is 4.40. The molecule has 1 amide bonds. The van der Waals surface area contributed by atoms with E-state index in [-0.39, 0.29) is 5.91 Å². The molecule has 1 saturated heterocycles. The quantitative estimate of drug-likeness (QED) is 0.663. The van der Waals surface area contributed by atoms with Crippen LogP contribution < -0.4 is 15.1 Å². The highest BCUT2D eigenvalue weighted by Gasteiger charge is 2.11. The van der Waals surface area contributed by atoms with Gasteiger partial charge in [0.1, 0.15) is 5.75 Å². The first kappa shape index (κ1) is 17.9. The molecule has 2 aromatic rings. The number of anilines is 1. The Morgan fingerprint density at radius 2 is 1.85 bits per heavy atom. The summed E-state index contributed by atoms with van der Waals surface area (Å²) in [5.41, 5.74) is 5.98. The average Bonchev–Trinajstić information content (AvgIpc) is 2.72. The largest absolute Gasteiger partial charge is 0.497 e. The average molecular weight is 353 g/mol. The standard InChI is InChI=1S/C20H23N3O3/c1-15(21-22-20(24)17-4-3-5-19(14-17)25-2)16-6-8-18(9-7-16)23-10-12-26-13-11-23/h3-9,14H,10-13H2,1-2H3,(H,22,24). The smallest absolute Gasteiger partial charge is 0.271 e. The van der Waals surface area contributed by atoms with Crippen molar-refractivity contribution in [3.63, 3.8) is 0 Å². The molecular formula is C20H23N3O3. The highest BCUT2D eigenvalue weighted by atomic mass is 16.5. The number of morpholine rings is 1. The van der Waals surface area contributed by atoms with Crippen LogP contribution in [0.1, 0.15) is 22.8 Å². The van der Waals surface area contributed by atoms with Gasteiger partial charge in [0.05, 0.1) is 26.0 Å². The lowest BCUT2D eigenvalue weighted by molar-refractivity contribution is 0.0954. The summed E-state index contributed by atoms with van der Waals surface area (Å²) in [4.78, 5) is 14.5. The number of nitrogens with one attached hydrogen (secondary N) is 1. The van der Waals surface area contributed by atoms with E-state index in [4.69, 9.17) is 9.47 Å². The van der Waals surface area contributed by atoms with Crippen LogP contribution in [0, 0.1) is 0 Å². The van der Waals surface area contributed by atoms with Gasteiger partial charge in [-0.2, -0.15) is 5.10 Å². The van der Waals surface area contributed by atoms with E-state index in [1.807, 2.05) is 19.1 Å². The number of carbonyl (C=O) groups is 1. The number of carbonyl (C=O) groups excluding carboxylic acids is 1. The molecule has 0 saturated carbocycles. The second-order valence-electron chi connectivity index (χ2n) is 6.02. The molecule has 0 aliphatic carbocycles. The molecule has 2 aromatic carbocycles. The minimum absolute atomic E-state index is 0.270. The lowest BCUT2D eigenvalue weighted by atomic mass is 10.1. The molecule has 3 rings (SSSR count). The molecule has 1 N–H and O–H groups in total. The molecule has 0 radical (unpaired) electrons. The Balaban J connectivity index is 1.64. The van der Waals surface area contributed by atoms with Gasteiger partial charge in [-0.25, -0.2) is 5.43 Å². The van der Waals surface area contributed by atoms with Crippen LogP contribution in [0.5, 0.6) is 5.75 Å². The topological polar surface area (TPSA) is 63.2 Å². The molecule has 0 spiro atoms. The number of methoxy groups -OCH3 is 1. The minimum Gasteiger partial charge on any atom is -0.497 e. The monoisotopic (exact) mass is 353 g/mol. The molecule has 1 fully saturated rings. The molecular weight excluding hydrogens is 330 g/mol. The van der Waals surface area contributed by atoms with Gasteiger partial charge in [0.2, 0.25) is 0 Å². The Morgan fingerprint density at radius 3 is 2.54 bits per heavy atom.